The fourth-order valence-electron chi connectivity index (χ4n) is 3.01. The third kappa shape index (κ3) is 3.01. The number of halogens is 1. The quantitative estimate of drug-likeness (QED) is 0.453. The maximum absolute atomic E-state index is 5.96. The van der Waals surface area contributed by atoms with Crippen molar-refractivity contribution in [1.29, 1.82) is 0 Å². The van der Waals surface area contributed by atoms with Gasteiger partial charge in [0, 0.05) is 10.4 Å². The summed E-state index contributed by atoms with van der Waals surface area (Å²) in [6.07, 6.45) is 1.92. The van der Waals surface area contributed by atoms with Gasteiger partial charge in [-0.2, -0.15) is 0 Å². The van der Waals surface area contributed by atoms with E-state index in [4.69, 9.17) is 16.6 Å². The summed E-state index contributed by atoms with van der Waals surface area (Å²) in [5.74, 6) is 0.832. The standard InChI is InChI=1S/C19H13ClN6S/c20-13-5-7-15(8-6-13)26-10-14(23-24-26)9-25-18-4-2-1-3-16(18)22-19(25)17-11-27-12-21-17/h1-8,10-12H,9H2. The Morgan fingerprint density at radius 1 is 1.04 bits per heavy atom. The molecule has 8 heteroatoms. The van der Waals surface area contributed by atoms with Crippen molar-refractivity contribution in [3.05, 3.63) is 76.3 Å². The first kappa shape index (κ1) is 16.2. The van der Waals surface area contributed by atoms with E-state index in [1.54, 1.807) is 16.0 Å². The Bertz CT molecular complexity index is 1210. The van der Waals surface area contributed by atoms with Crippen LogP contribution in [0.2, 0.25) is 5.02 Å². The Balaban J connectivity index is 1.55. The SMILES string of the molecule is Clc1ccc(-n2cc(Cn3c(-c4cscn4)nc4ccccc43)nn2)cc1. The topological polar surface area (TPSA) is 61.4 Å². The molecule has 6 nitrogen and oxygen atoms in total. The summed E-state index contributed by atoms with van der Waals surface area (Å²) in [7, 11) is 0. The average Bonchev–Trinajstić information content (AvgIpc) is 3.43. The number of fused-ring (bicyclic) bond motifs is 1. The van der Waals surface area contributed by atoms with Crippen LogP contribution in [0.15, 0.2) is 65.6 Å². The first-order chi connectivity index (χ1) is 13.3. The second-order valence-electron chi connectivity index (χ2n) is 6.01. The smallest absolute Gasteiger partial charge is 0.161 e. The minimum absolute atomic E-state index is 0.557. The van der Waals surface area contributed by atoms with Crippen LogP contribution < -0.4 is 0 Å². The zero-order valence-corrected chi connectivity index (χ0v) is 15.6. The average molecular weight is 393 g/mol. The van der Waals surface area contributed by atoms with Crippen LogP contribution in [-0.4, -0.2) is 29.5 Å². The highest BCUT2D eigenvalue weighted by atomic mass is 35.5. The highest BCUT2D eigenvalue weighted by Gasteiger charge is 2.15. The zero-order valence-electron chi connectivity index (χ0n) is 14.0. The molecule has 5 aromatic rings. The van der Waals surface area contributed by atoms with Crippen molar-refractivity contribution in [2.75, 3.05) is 0 Å². The van der Waals surface area contributed by atoms with Gasteiger partial charge in [-0.3, -0.25) is 0 Å². The normalized spacial score (nSPS) is 11.3. The molecule has 0 aliphatic heterocycles. The van der Waals surface area contributed by atoms with Crippen molar-refractivity contribution in [1.82, 2.24) is 29.5 Å². The third-order valence-corrected chi connectivity index (χ3v) is 5.11. The van der Waals surface area contributed by atoms with Crippen molar-refractivity contribution >= 4 is 34.0 Å². The van der Waals surface area contributed by atoms with E-state index < -0.39 is 0 Å². The number of para-hydroxylation sites is 2. The van der Waals surface area contributed by atoms with Crippen LogP contribution in [0.5, 0.6) is 0 Å². The van der Waals surface area contributed by atoms with Gasteiger partial charge in [0.15, 0.2) is 5.82 Å². The van der Waals surface area contributed by atoms with E-state index in [1.165, 1.54) is 0 Å². The molecule has 0 aliphatic carbocycles. The van der Waals surface area contributed by atoms with Crippen LogP contribution in [0.3, 0.4) is 0 Å². The Morgan fingerprint density at radius 2 is 1.89 bits per heavy atom. The summed E-state index contributed by atoms with van der Waals surface area (Å²) < 4.78 is 3.87. The van der Waals surface area contributed by atoms with E-state index in [9.17, 15) is 0 Å². The lowest BCUT2D eigenvalue weighted by Crippen LogP contribution is -2.03. The summed E-state index contributed by atoms with van der Waals surface area (Å²) >= 11 is 7.51. The van der Waals surface area contributed by atoms with Gasteiger partial charge in [-0.05, 0) is 36.4 Å². The van der Waals surface area contributed by atoms with Gasteiger partial charge in [0.1, 0.15) is 11.4 Å². The van der Waals surface area contributed by atoms with Gasteiger partial charge in [-0.25, -0.2) is 14.6 Å². The lowest BCUT2D eigenvalue weighted by molar-refractivity contribution is 0.773. The molecule has 0 atom stereocenters. The molecule has 3 aromatic heterocycles. The fourth-order valence-corrected chi connectivity index (χ4v) is 3.66. The highest BCUT2D eigenvalue weighted by molar-refractivity contribution is 7.07. The number of aromatic nitrogens is 6. The van der Waals surface area contributed by atoms with Gasteiger partial charge in [-0.1, -0.05) is 28.9 Å². The molecule has 132 valence electrons. The van der Waals surface area contributed by atoms with Crippen LogP contribution in [0, 0.1) is 0 Å². The molecule has 0 saturated heterocycles. The molecule has 0 N–H and O–H groups in total. The summed E-state index contributed by atoms with van der Waals surface area (Å²) in [6.45, 7) is 0.557. The maximum atomic E-state index is 5.96. The Labute approximate surface area is 163 Å². The molecule has 0 unspecified atom stereocenters. The molecule has 2 aromatic carbocycles. The number of nitrogens with zero attached hydrogens (tertiary/aromatic N) is 6. The number of hydrogen-bond acceptors (Lipinski definition) is 5. The van der Waals surface area contributed by atoms with E-state index in [0.717, 1.165) is 33.9 Å². The van der Waals surface area contributed by atoms with Crippen LogP contribution in [0.1, 0.15) is 5.69 Å². The van der Waals surface area contributed by atoms with Crippen molar-refractivity contribution in [3.8, 4) is 17.2 Å². The van der Waals surface area contributed by atoms with E-state index in [2.05, 4.69) is 25.9 Å². The maximum Gasteiger partial charge on any atom is 0.161 e. The number of benzene rings is 2. The summed E-state index contributed by atoms with van der Waals surface area (Å²) in [5, 5.41) is 11.3. The number of rotatable bonds is 4. The minimum Gasteiger partial charge on any atom is -0.316 e. The number of imidazole rings is 1. The second kappa shape index (κ2) is 6.61. The van der Waals surface area contributed by atoms with Crippen LogP contribution >= 0.6 is 22.9 Å². The van der Waals surface area contributed by atoms with Gasteiger partial charge in [-0.15, -0.1) is 16.4 Å². The molecule has 0 fully saturated rings. The molecule has 27 heavy (non-hydrogen) atoms. The van der Waals surface area contributed by atoms with Gasteiger partial charge >= 0.3 is 0 Å². The van der Waals surface area contributed by atoms with E-state index in [1.807, 2.05) is 59.6 Å². The summed E-state index contributed by atoms with van der Waals surface area (Å²) in [5.41, 5.74) is 6.40. The molecular weight excluding hydrogens is 380 g/mol. The summed E-state index contributed by atoms with van der Waals surface area (Å²) in [6, 6.07) is 15.6. The Kier molecular flexibility index (Phi) is 3.95. The molecule has 0 saturated carbocycles. The largest absolute Gasteiger partial charge is 0.316 e. The Hall–Kier alpha value is -3.03. The second-order valence-corrected chi connectivity index (χ2v) is 7.17. The molecule has 0 spiro atoms. The molecule has 3 heterocycles. The molecular formula is C19H13ClN6S. The van der Waals surface area contributed by atoms with E-state index >= 15 is 0 Å². The van der Waals surface area contributed by atoms with Crippen molar-refractivity contribution in [2.45, 2.75) is 6.54 Å². The first-order valence-corrected chi connectivity index (χ1v) is 9.61. The fraction of sp³-hybridized carbons (Fsp3) is 0.0526. The van der Waals surface area contributed by atoms with Gasteiger partial charge in [0.2, 0.25) is 0 Å². The van der Waals surface area contributed by atoms with Crippen LogP contribution in [-0.2, 0) is 6.54 Å². The van der Waals surface area contributed by atoms with Gasteiger partial charge < -0.3 is 4.57 Å². The highest BCUT2D eigenvalue weighted by Crippen LogP contribution is 2.25. The van der Waals surface area contributed by atoms with Crippen LogP contribution in [0.25, 0.3) is 28.2 Å². The third-order valence-electron chi connectivity index (χ3n) is 4.27. The van der Waals surface area contributed by atoms with Crippen molar-refractivity contribution < 1.29 is 0 Å². The number of hydrogen-bond donors (Lipinski definition) is 0. The number of thiazole rings is 1. The predicted molar refractivity (Wildman–Crippen MR) is 106 cm³/mol. The monoisotopic (exact) mass is 392 g/mol. The van der Waals surface area contributed by atoms with Crippen molar-refractivity contribution in [3.63, 3.8) is 0 Å². The lowest BCUT2D eigenvalue weighted by Gasteiger charge is -2.05. The van der Waals surface area contributed by atoms with E-state index in [0.29, 0.717) is 11.6 Å². The first-order valence-electron chi connectivity index (χ1n) is 8.29. The van der Waals surface area contributed by atoms with E-state index in [-0.39, 0.29) is 0 Å². The van der Waals surface area contributed by atoms with Gasteiger partial charge in [0.25, 0.3) is 0 Å². The Morgan fingerprint density at radius 3 is 2.70 bits per heavy atom. The lowest BCUT2D eigenvalue weighted by atomic mass is 10.3. The van der Waals surface area contributed by atoms with Gasteiger partial charge in [0.05, 0.1) is 35.0 Å². The predicted octanol–water partition coefficient (Wildman–Crippen LogP) is 4.44. The molecule has 0 amide bonds. The van der Waals surface area contributed by atoms with Crippen molar-refractivity contribution in [2.24, 2.45) is 0 Å². The summed E-state index contributed by atoms with van der Waals surface area (Å²) in [4.78, 5) is 9.19. The molecule has 0 aliphatic rings. The minimum atomic E-state index is 0.557. The molecule has 5 rings (SSSR count). The zero-order chi connectivity index (χ0) is 18.2. The molecule has 0 bridgehead atoms. The molecule has 0 radical (unpaired) electrons. The van der Waals surface area contributed by atoms with Crippen LogP contribution in [0.4, 0.5) is 0 Å².